The summed E-state index contributed by atoms with van der Waals surface area (Å²) < 4.78 is 13.0. The third kappa shape index (κ3) is 3.40. The standard InChI is InChI=1S/C21H19Cl2N3O3/c1-11-8-16-19(21(27)26(11)10-12-4-3-7-28-12)17(13(9-24)20(25)29-16)18-14(22)5-2-6-15(18)23/h2,5-6,8,12,17H,3-4,7,10,25H2,1H3/t12-,17-/m0/s1. The van der Waals surface area contributed by atoms with Crippen molar-refractivity contribution in [3.63, 3.8) is 0 Å². The molecule has 150 valence electrons. The molecule has 6 nitrogen and oxygen atoms in total. The second-order valence-electron chi connectivity index (χ2n) is 7.17. The molecule has 0 saturated carbocycles. The maximum Gasteiger partial charge on any atom is 0.258 e. The molecule has 29 heavy (non-hydrogen) atoms. The molecule has 2 aromatic rings. The summed E-state index contributed by atoms with van der Waals surface area (Å²) in [6, 6.07) is 8.87. The van der Waals surface area contributed by atoms with Gasteiger partial charge in [-0.15, -0.1) is 0 Å². The minimum Gasteiger partial charge on any atom is -0.440 e. The lowest BCUT2D eigenvalue weighted by Gasteiger charge is -2.28. The Hall–Kier alpha value is -2.46. The van der Waals surface area contributed by atoms with E-state index in [4.69, 9.17) is 38.4 Å². The van der Waals surface area contributed by atoms with Crippen molar-refractivity contribution in [3.8, 4) is 11.8 Å². The van der Waals surface area contributed by atoms with Gasteiger partial charge in [0.25, 0.3) is 5.56 Å². The second kappa shape index (κ2) is 7.75. The minimum absolute atomic E-state index is 0.0210. The van der Waals surface area contributed by atoms with Crippen LogP contribution in [-0.2, 0) is 11.3 Å². The first-order valence-electron chi connectivity index (χ1n) is 9.29. The van der Waals surface area contributed by atoms with Crippen LogP contribution in [0.15, 0.2) is 40.5 Å². The van der Waals surface area contributed by atoms with Crippen LogP contribution in [0, 0.1) is 18.3 Å². The molecule has 0 aliphatic carbocycles. The highest BCUT2D eigenvalue weighted by Crippen LogP contribution is 2.45. The second-order valence-corrected chi connectivity index (χ2v) is 7.99. The molecule has 1 aromatic carbocycles. The molecule has 1 aromatic heterocycles. The van der Waals surface area contributed by atoms with E-state index >= 15 is 0 Å². The summed E-state index contributed by atoms with van der Waals surface area (Å²) in [5, 5.41) is 10.5. The van der Waals surface area contributed by atoms with Crippen LogP contribution < -0.4 is 16.0 Å². The summed E-state index contributed by atoms with van der Waals surface area (Å²) >= 11 is 12.9. The van der Waals surface area contributed by atoms with E-state index in [-0.39, 0.29) is 23.1 Å². The normalized spacial score (nSPS) is 20.9. The molecular weight excluding hydrogens is 413 g/mol. The van der Waals surface area contributed by atoms with Crippen molar-refractivity contribution >= 4 is 23.2 Å². The van der Waals surface area contributed by atoms with Crippen LogP contribution in [0.2, 0.25) is 10.0 Å². The molecule has 2 aliphatic heterocycles. The number of hydrogen-bond donors (Lipinski definition) is 1. The van der Waals surface area contributed by atoms with Gasteiger partial charge in [0.1, 0.15) is 17.4 Å². The molecule has 0 radical (unpaired) electrons. The van der Waals surface area contributed by atoms with Crippen LogP contribution in [-0.4, -0.2) is 17.3 Å². The number of nitrogens with two attached hydrogens (primary N) is 1. The van der Waals surface area contributed by atoms with Crippen LogP contribution in [0.25, 0.3) is 0 Å². The van der Waals surface area contributed by atoms with Gasteiger partial charge in [0.15, 0.2) is 0 Å². The smallest absolute Gasteiger partial charge is 0.258 e. The van der Waals surface area contributed by atoms with Crippen LogP contribution in [0.4, 0.5) is 0 Å². The Morgan fingerprint density at radius 2 is 2.03 bits per heavy atom. The highest BCUT2D eigenvalue weighted by molar-refractivity contribution is 6.36. The summed E-state index contributed by atoms with van der Waals surface area (Å²) in [6.45, 7) is 2.96. The lowest BCUT2D eigenvalue weighted by Crippen LogP contribution is -2.35. The molecule has 2 N–H and O–H groups in total. The van der Waals surface area contributed by atoms with E-state index in [9.17, 15) is 10.1 Å². The van der Waals surface area contributed by atoms with Crippen LogP contribution in [0.1, 0.15) is 35.6 Å². The van der Waals surface area contributed by atoms with Gasteiger partial charge in [-0.2, -0.15) is 5.26 Å². The zero-order valence-corrected chi connectivity index (χ0v) is 17.3. The van der Waals surface area contributed by atoms with Gasteiger partial charge in [-0.1, -0.05) is 29.3 Å². The fourth-order valence-electron chi connectivity index (χ4n) is 3.98. The third-order valence-electron chi connectivity index (χ3n) is 5.39. The average Bonchev–Trinajstić information content (AvgIpc) is 3.18. The van der Waals surface area contributed by atoms with Crippen molar-refractivity contribution in [1.82, 2.24) is 4.57 Å². The summed E-state index contributed by atoms with van der Waals surface area (Å²) in [5.41, 5.74) is 7.35. The fourth-order valence-corrected chi connectivity index (χ4v) is 4.60. The first-order chi connectivity index (χ1) is 13.9. The Labute approximate surface area is 178 Å². The number of aryl methyl sites for hydroxylation is 1. The topological polar surface area (TPSA) is 90.3 Å². The molecule has 0 bridgehead atoms. The molecule has 8 heteroatoms. The summed E-state index contributed by atoms with van der Waals surface area (Å²) in [7, 11) is 0. The van der Waals surface area contributed by atoms with Gasteiger partial charge in [-0.05, 0) is 31.9 Å². The Kier molecular flexibility index (Phi) is 5.30. The van der Waals surface area contributed by atoms with Crippen LogP contribution in [0.5, 0.6) is 5.75 Å². The first-order valence-corrected chi connectivity index (χ1v) is 10.1. The summed E-state index contributed by atoms with van der Waals surface area (Å²) in [4.78, 5) is 13.6. The molecule has 1 fully saturated rings. The highest BCUT2D eigenvalue weighted by atomic mass is 35.5. The van der Waals surface area contributed by atoms with E-state index in [0.29, 0.717) is 40.1 Å². The van der Waals surface area contributed by atoms with Crippen molar-refractivity contribution in [2.75, 3.05) is 6.61 Å². The maximum atomic E-state index is 13.6. The maximum absolute atomic E-state index is 13.6. The SMILES string of the molecule is Cc1cc2c(c(=O)n1C[C@@H]1CCCO1)[C@H](c1c(Cl)cccc1Cl)C(C#N)=C(N)O2. The number of ether oxygens (including phenoxy) is 2. The summed E-state index contributed by atoms with van der Waals surface area (Å²) in [6.07, 6.45) is 1.85. The van der Waals surface area contributed by atoms with Gasteiger partial charge in [0.2, 0.25) is 5.88 Å². The molecule has 2 aliphatic rings. The molecule has 1 saturated heterocycles. The van der Waals surface area contributed by atoms with Crippen molar-refractivity contribution < 1.29 is 9.47 Å². The lowest BCUT2D eigenvalue weighted by molar-refractivity contribution is 0.0955. The molecule has 0 unspecified atom stereocenters. The molecule has 4 rings (SSSR count). The Bertz CT molecular complexity index is 1090. The Balaban J connectivity index is 1.95. The highest BCUT2D eigenvalue weighted by Gasteiger charge is 2.37. The van der Waals surface area contributed by atoms with E-state index in [0.717, 1.165) is 18.5 Å². The number of halogens is 2. The molecular formula is C21H19Cl2N3O3. The number of fused-ring (bicyclic) bond motifs is 1. The lowest BCUT2D eigenvalue weighted by atomic mass is 9.84. The molecule has 2 atom stereocenters. The van der Waals surface area contributed by atoms with E-state index in [1.807, 2.05) is 6.92 Å². The first kappa shape index (κ1) is 19.8. The van der Waals surface area contributed by atoms with Gasteiger partial charge < -0.3 is 19.8 Å². The van der Waals surface area contributed by atoms with Gasteiger partial charge >= 0.3 is 0 Å². The van der Waals surface area contributed by atoms with Gasteiger partial charge in [-0.25, -0.2) is 0 Å². The zero-order valence-electron chi connectivity index (χ0n) is 15.7. The number of aromatic nitrogens is 1. The monoisotopic (exact) mass is 431 g/mol. The molecule has 3 heterocycles. The van der Waals surface area contributed by atoms with Gasteiger partial charge in [0, 0.05) is 34.0 Å². The van der Waals surface area contributed by atoms with Gasteiger partial charge in [-0.3, -0.25) is 4.79 Å². The van der Waals surface area contributed by atoms with Crippen molar-refractivity contribution in [1.29, 1.82) is 5.26 Å². The van der Waals surface area contributed by atoms with Gasteiger partial charge in [0.05, 0.1) is 24.1 Å². The molecule has 0 amide bonds. The van der Waals surface area contributed by atoms with Crippen LogP contribution >= 0.6 is 23.2 Å². The largest absolute Gasteiger partial charge is 0.440 e. The van der Waals surface area contributed by atoms with E-state index in [1.165, 1.54) is 0 Å². The predicted molar refractivity (Wildman–Crippen MR) is 110 cm³/mol. The van der Waals surface area contributed by atoms with E-state index in [1.54, 1.807) is 28.8 Å². The number of allylic oxidation sites excluding steroid dienone is 1. The number of pyridine rings is 1. The van der Waals surface area contributed by atoms with Crippen molar-refractivity contribution in [2.45, 2.75) is 38.3 Å². The number of rotatable bonds is 3. The van der Waals surface area contributed by atoms with Crippen molar-refractivity contribution in [3.05, 3.63) is 72.9 Å². The predicted octanol–water partition coefficient (Wildman–Crippen LogP) is 3.86. The number of nitrogens with zero attached hydrogens (tertiary/aromatic N) is 2. The zero-order chi connectivity index (χ0) is 20.7. The van der Waals surface area contributed by atoms with Crippen LogP contribution in [0.3, 0.4) is 0 Å². The number of hydrogen-bond acceptors (Lipinski definition) is 5. The molecule has 0 spiro atoms. The number of benzene rings is 1. The fraction of sp³-hybridized carbons (Fsp3) is 0.333. The quantitative estimate of drug-likeness (QED) is 0.796. The third-order valence-corrected chi connectivity index (χ3v) is 6.05. The average molecular weight is 432 g/mol. The minimum atomic E-state index is -0.811. The van der Waals surface area contributed by atoms with Crippen molar-refractivity contribution in [2.24, 2.45) is 5.73 Å². The Morgan fingerprint density at radius 3 is 2.66 bits per heavy atom. The van der Waals surface area contributed by atoms with E-state index < -0.39 is 5.92 Å². The summed E-state index contributed by atoms with van der Waals surface area (Å²) in [5.74, 6) is -0.556. The van der Waals surface area contributed by atoms with E-state index in [2.05, 4.69) is 6.07 Å². The Morgan fingerprint density at radius 1 is 1.31 bits per heavy atom. The number of nitriles is 1.